The van der Waals surface area contributed by atoms with Crippen molar-refractivity contribution < 1.29 is 52.0 Å². The molecule has 0 aromatic carbocycles. The zero-order chi connectivity index (χ0) is 19.4. The van der Waals surface area contributed by atoms with E-state index in [0.717, 1.165) is 0 Å². The lowest BCUT2D eigenvalue weighted by atomic mass is 10.8. The monoisotopic (exact) mass is 426 g/mol. The molecule has 0 aliphatic rings. The number of rotatable bonds is 9. The van der Waals surface area contributed by atoms with Gasteiger partial charge in [0.2, 0.25) is 0 Å². The molecular weight excluding hydrogens is 412 g/mol. The number of nitrogens with zero attached hydrogens (tertiary/aromatic N) is 1. The van der Waals surface area contributed by atoms with E-state index in [1.807, 2.05) is 0 Å². The van der Waals surface area contributed by atoms with Gasteiger partial charge in [0, 0.05) is 25.8 Å². The fourth-order valence-electron chi connectivity index (χ4n) is 1.29. The molecule has 0 rings (SSSR count). The number of alkyl halides is 6. The normalized spacial score (nSPS) is 14.6. The molecule has 0 aromatic rings. The Labute approximate surface area is 136 Å². The topological polar surface area (TPSA) is 90.0 Å². The van der Waals surface area contributed by atoms with E-state index in [4.69, 9.17) is 8.85 Å². The molecule has 0 amide bonds. The maximum atomic E-state index is 12.5. The average Bonchev–Trinajstić information content (AvgIpc) is 2.36. The molecule has 0 heterocycles. The molecule has 0 spiro atoms. The fraction of sp³-hybridized carbons (Fsp3) is 1.00. The molecule has 145 valence electrons. The molecule has 16 heteroatoms. The SMILES string of the molecule is CCO[Si](CCN(S(=O)(=O)C(F)(F)F)S(=O)(=O)C(F)(F)F)OCC. The van der Waals surface area contributed by atoms with Gasteiger partial charge in [-0.3, -0.25) is 0 Å². The smallest absolute Gasteiger partial charge is 0.394 e. The van der Waals surface area contributed by atoms with Crippen LogP contribution in [0.2, 0.25) is 6.04 Å². The van der Waals surface area contributed by atoms with Gasteiger partial charge in [0.05, 0.1) is 0 Å². The lowest BCUT2D eigenvalue weighted by Crippen LogP contribution is -2.50. The molecular formula is C8H14F6NO6S2Si. The first-order valence-corrected chi connectivity index (χ1v) is 10.5. The highest BCUT2D eigenvalue weighted by atomic mass is 32.3. The Balaban J connectivity index is 5.78. The summed E-state index contributed by atoms with van der Waals surface area (Å²) in [6.07, 6.45) is 0. The van der Waals surface area contributed by atoms with Gasteiger partial charge in [-0.2, -0.15) is 26.3 Å². The number of sulfonamides is 2. The van der Waals surface area contributed by atoms with E-state index < -0.39 is 56.6 Å². The molecule has 0 fully saturated rings. The van der Waals surface area contributed by atoms with E-state index in [1.165, 1.54) is 13.8 Å². The van der Waals surface area contributed by atoms with E-state index in [9.17, 15) is 43.2 Å². The van der Waals surface area contributed by atoms with Crippen molar-refractivity contribution in [3.63, 3.8) is 0 Å². The van der Waals surface area contributed by atoms with Gasteiger partial charge < -0.3 is 8.85 Å². The second kappa shape index (κ2) is 8.30. The summed E-state index contributed by atoms with van der Waals surface area (Å²) in [5.74, 6) is 0. The van der Waals surface area contributed by atoms with Crippen LogP contribution in [-0.4, -0.2) is 60.6 Å². The van der Waals surface area contributed by atoms with Crippen molar-refractivity contribution in [1.82, 2.24) is 3.71 Å². The Morgan fingerprint density at radius 3 is 1.42 bits per heavy atom. The van der Waals surface area contributed by atoms with E-state index in [0.29, 0.717) is 0 Å². The third-order valence-corrected chi connectivity index (χ3v) is 7.87. The summed E-state index contributed by atoms with van der Waals surface area (Å²) in [7, 11) is -16.0. The third kappa shape index (κ3) is 5.55. The summed E-state index contributed by atoms with van der Waals surface area (Å²) in [4.78, 5) is 0. The first-order valence-electron chi connectivity index (χ1n) is 6.14. The van der Waals surface area contributed by atoms with Crippen molar-refractivity contribution in [3.8, 4) is 0 Å². The molecule has 0 N–H and O–H groups in total. The van der Waals surface area contributed by atoms with Crippen molar-refractivity contribution in [2.75, 3.05) is 19.8 Å². The van der Waals surface area contributed by atoms with Crippen molar-refractivity contribution in [1.29, 1.82) is 0 Å². The van der Waals surface area contributed by atoms with Crippen LogP contribution in [0.4, 0.5) is 26.3 Å². The van der Waals surface area contributed by atoms with Crippen molar-refractivity contribution in [2.45, 2.75) is 30.9 Å². The van der Waals surface area contributed by atoms with Gasteiger partial charge >= 0.3 is 40.3 Å². The molecule has 0 atom stereocenters. The van der Waals surface area contributed by atoms with Crippen LogP contribution in [0.3, 0.4) is 0 Å². The second-order valence-electron chi connectivity index (χ2n) is 3.89. The van der Waals surface area contributed by atoms with Crippen molar-refractivity contribution >= 4 is 29.3 Å². The first-order chi connectivity index (χ1) is 10.6. The summed E-state index contributed by atoms with van der Waals surface area (Å²) >= 11 is 0. The molecule has 0 aliphatic carbocycles. The van der Waals surface area contributed by atoms with Crippen LogP contribution < -0.4 is 0 Å². The highest BCUT2D eigenvalue weighted by molar-refractivity contribution is 8.04. The van der Waals surface area contributed by atoms with E-state index in [1.54, 1.807) is 0 Å². The maximum Gasteiger partial charge on any atom is 0.512 e. The molecule has 1 radical (unpaired) electrons. The Morgan fingerprint density at radius 2 is 1.17 bits per heavy atom. The molecule has 0 bridgehead atoms. The highest BCUT2D eigenvalue weighted by Gasteiger charge is 2.61. The van der Waals surface area contributed by atoms with Crippen LogP contribution >= 0.6 is 0 Å². The summed E-state index contributed by atoms with van der Waals surface area (Å²) in [6.45, 7) is 1.29. The molecule has 0 aromatic heterocycles. The van der Waals surface area contributed by atoms with Crippen molar-refractivity contribution in [3.05, 3.63) is 0 Å². The van der Waals surface area contributed by atoms with Crippen LogP contribution in [0.5, 0.6) is 0 Å². The molecule has 0 saturated carbocycles. The van der Waals surface area contributed by atoms with Crippen LogP contribution in [0.25, 0.3) is 0 Å². The van der Waals surface area contributed by atoms with E-state index in [2.05, 4.69) is 0 Å². The Bertz CT molecular complexity index is 554. The zero-order valence-electron chi connectivity index (χ0n) is 12.3. The van der Waals surface area contributed by atoms with E-state index >= 15 is 0 Å². The summed E-state index contributed by atoms with van der Waals surface area (Å²) in [6, 6.07) is -0.767. The van der Waals surface area contributed by atoms with E-state index in [-0.39, 0.29) is 13.2 Å². The minimum absolute atomic E-state index is 0.00760. The number of halogens is 6. The highest BCUT2D eigenvalue weighted by Crippen LogP contribution is 2.35. The third-order valence-electron chi connectivity index (χ3n) is 2.23. The van der Waals surface area contributed by atoms with Gasteiger partial charge in [0.1, 0.15) is 0 Å². The first kappa shape index (κ1) is 23.6. The molecule has 7 nitrogen and oxygen atoms in total. The summed E-state index contributed by atoms with van der Waals surface area (Å²) in [5, 5.41) is 0. The largest absolute Gasteiger partial charge is 0.512 e. The van der Waals surface area contributed by atoms with Gasteiger partial charge in [0.25, 0.3) is 0 Å². The molecule has 0 aliphatic heterocycles. The maximum absolute atomic E-state index is 12.5. The second-order valence-corrected chi connectivity index (χ2v) is 9.65. The standard InChI is InChI=1S/C8H14F6NO6S2Si/c1-3-20-24(21-4-2)6-5-15(22(16,17)7(9,10)11)23(18,19)8(12,13)14/h3-6H2,1-2H3. The molecule has 24 heavy (non-hydrogen) atoms. The van der Waals surface area contributed by atoms with Gasteiger partial charge in [-0.15, -0.1) is 0 Å². The minimum Gasteiger partial charge on any atom is -0.394 e. The van der Waals surface area contributed by atoms with Crippen molar-refractivity contribution in [2.24, 2.45) is 0 Å². The van der Waals surface area contributed by atoms with Gasteiger partial charge in [-0.05, 0) is 13.8 Å². The van der Waals surface area contributed by atoms with Gasteiger partial charge in [-0.1, -0.05) is 3.71 Å². The predicted octanol–water partition coefficient (Wildman–Crippen LogP) is 1.55. The van der Waals surface area contributed by atoms with Crippen LogP contribution in [0.15, 0.2) is 0 Å². The van der Waals surface area contributed by atoms with Crippen LogP contribution in [0.1, 0.15) is 13.8 Å². The average molecular weight is 426 g/mol. The number of hydrogen-bond donors (Lipinski definition) is 0. The number of hydrogen-bond acceptors (Lipinski definition) is 6. The quantitative estimate of drug-likeness (QED) is 0.411. The predicted molar refractivity (Wildman–Crippen MR) is 70.5 cm³/mol. The lowest BCUT2D eigenvalue weighted by Gasteiger charge is -2.24. The Morgan fingerprint density at radius 1 is 0.833 bits per heavy atom. The van der Waals surface area contributed by atoms with Crippen LogP contribution in [0, 0.1) is 0 Å². The minimum atomic E-state index is -6.77. The molecule has 0 saturated heterocycles. The fourth-order valence-corrected chi connectivity index (χ4v) is 5.70. The lowest BCUT2D eigenvalue weighted by molar-refractivity contribution is -0.0530. The summed E-state index contributed by atoms with van der Waals surface area (Å²) < 4.78 is 128. The van der Waals surface area contributed by atoms with Crippen LogP contribution in [-0.2, 0) is 28.9 Å². The molecule has 0 unspecified atom stereocenters. The Hall–Kier alpha value is -0.423. The van der Waals surface area contributed by atoms with Gasteiger partial charge in [0.15, 0.2) is 0 Å². The summed E-state index contributed by atoms with van der Waals surface area (Å²) in [5.41, 5.74) is -12.5. The van der Waals surface area contributed by atoms with Gasteiger partial charge in [-0.25, -0.2) is 16.8 Å². The zero-order valence-corrected chi connectivity index (χ0v) is 14.9. The Kier molecular flexibility index (Phi) is 8.16.